The molecule has 7 nitrogen and oxygen atoms in total. The predicted molar refractivity (Wildman–Crippen MR) is 116 cm³/mol. The first-order chi connectivity index (χ1) is 15.1. The SMILES string of the molecule is Cc1cc(C(=O)Nc2ccc3c(c2)OCCCO3)c(C)n1-c1ccc2c(c1)OCCO2. The Labute approximate surface area is 180 Å². The fourth-order valence-electron chi connectivity index (χ4n) is 4.00. The number of aromatic nitrogens is 1. The molecule has 2 aliphatic rings. The maximum atomic E-state index is 13.1. The van der Waals surface area contributed by atoms with E-state index in [4.69, 9.17) is 18.9 Å². The number of nitrogens with zero attached hydrogens (tertiary/aromatic N) is 1. The van der Waals surface area contributed by atoms with Crippen molar-refractivity contribution in [2.75, 3.05) is 31.7 Å². The molecule has 0 spiro atoms. The Morgan fingerprint density at radius 3 is 2.26 bits per heavy atom. The summed E-state index contributed by atoms with van der Waals surface area (Å²) in [5.41, 5.74) is 4.01. The van der Waals surface area contributed by atoms with E-state index >= 15 is 0 Å². The number of benzene rings is 2. The van der Waals surface area contributed by atoms with Crippen molar-refractivity contribution in [3.05, 3.63) is 59.4 Å². The van der Waals surface area contributed by atoms with Crippen molar-refractivity contribution in [3.8, 4) is 28.7 Å². The molecule has 0 saturated carbocycles. The molecule has 0 atom stereocenters. The molecule has 1 amide bonds. The highest BCUT2D eigenvalue weighted by atomic mass is 16.6. The minimum atomic E-state index is -0.175. The largest absolute Gasteiger partial charge is 0.490 e. The van der Waals surface area contributed by atoms with Crippen molar-refractivity contribution in [2.45, 2.75) is 20.3 Å². The van der Waals surface area contributed by atoms with E-state index in [1.54, 1.807) is 6.07 Å². The van der Waals surface area contributed by atoms with Crippen LogP contribution in [0.2, 0.25) is 0 Å². The fourth-order valence-corrected chi connectivity index (χ4v) is 4.00. The lowest BCUT2D eigenvalue weighted by atomic mass is 10.2. The number of anilines is 1. The number of nitrogens with one attached hydrogen (secondary N) is 1. The topological polar surface area (TPSA) is 71.0 Å². The molecule has 2 aliphatic heterocycles. The average Bonchev–Trinajstić information content (AvgIpc) is 2.93. The maximum absolute atomic E-state index is 13.1. The predicted octanol–water partition coefficient (Wildman–Crippen LogP) is 4.28. The second-order valence-electron chi connectivity index (χ2n) is 7.61. The van der Waals surface area contributed by atoms with Crippen molar-refractivity contribution in [1.29, 1.82) is 0 Å². The number of hydrogen-bond acceptors (Lipinski definition) is 5. The highest BCUT2D eigenvalue weighted by Crippen LogP contribution is 2.34. The molecule has 31 heavy (non-hydrogen) atoms. The minimum absolute atomic E-state index is 0.175. The molecule has 0 unspecified atom stereocenters. The van der Waals surface area contributed by atoms with E-state index in [2.05, 4.69) is 5.32 Å². The number of carbonyl (C=O) groups excluding carboxylic acids is 1. The summed E-state index contributed by atoms with van der Waals surface area (Å²) in [6, 6.07) is 13.2. The van der Waals surface area contributed by atoms with Gasteiger partial charge in [0.05, 0.1) is 18.8 Å². The summed E-state index contributed by atoms with van der Waals surface area (Å²) >= 11 is 0. The van der Waals surface area contributed by atoms with Gasteiger partial charge in [0, 0.05) is 41.3 Å². The minimum Gasteiger partial charge on any atom is -0.490 e. The Balaban J connectivity index is 1.41. The molecule has 1 N–H and O–H groups in total. The smallest absolute Gasteiger partial charge is 0.257 e. The monoisotopic (exact) mass is 420 g/mol. The van der Waals surface area contributed by atoms with Crippen LogP contribution in [0.15, 0.2) is 42.5 Å². The van der Waals surface area contributed by atoms with Gasteiger partial charge in [0.1, 0.15) is 13.2 Å². The molecule has 0 fully saturated rings. The van der Waals surface area contributed by atoms with Gasteiger partial charge in [0.15, 0.2) is 23.0 Å². The quantitative estimate of drug-likeness (QED) is 0.685. The lowest BCUT2D eigenvalue weighted by molar-refractivity contribution is 0.102. The zero-order valence-corrected chi connectivity index (χ0v) is 17.6. The first-order valence-corrected chi connectivity index (χ1v) is 10.4. The normalized spacial score (nSPS) is 14.6. The average molecular weight is 420 g/mol. The van der Waals surface area contributed by atoms with E-state index in [0.29, 0.717) is 49.2 Å². The fraction of sp³-hybridized carbons (Fsp3) is 0.292. The molecule has 5 rings (SSSR count). The van der Waals surface area contributed by atoms with Gasteiger partial charge in [-0.1, -0.05) is 0 Å². The van der Waals surface area contributed by atoms with E-state index in [9.17, 15) is 4.79 Å². The Kier molecular flexibility index (Phi) is 4.94. The second kappa shape index (κ2) is 7.91. The lowest BCUT2D eigenvalue weighted by Crippen LogP contribution is -2.16. The second-order valence-corrected chi connectivity index (χ2v) is 7.61. The summed E-state index contributed by atoms with van der Waals surface area (Å²) < 4.78 is 24.8. The molecule has 2 aromatic carbocycles. The number of carbonyl (C=O) groups is 1. The standard InChI is InChI=1S/C24H24N2O5/c1-15-12-19(16(2)26(15)18-5-7-21-23(14-18)31-11-10-30-21)24(27)25-17-4-6-20-22(13-17)29-9-3-8-28-20/h4-7,12-14H,3,8-11H2,1-2H3,(H,25,27). The van der Waals surface area contributed by atoms with E-state index < -0.39 is 0 Å². The number of hydrogen-bond donors (Lipinski definition) is 1. The van der Waals surface area contributed by atoms with E-state index in [1.165, 1.54) is 0 Å². The maximum Gasteiger partial charge on any atom is 0.257 e. The van der Waals surface area contributed by atoms with Gasteiger partial charge in [-0.3, -0.25) is 4.79 Å². The van der Waals surface area contributed by atoms with Gasteiger partial charge in [-0.05, 0) is 44.2 Å². The molecule has 0 bridgehead atoms. The molecule has 160 valence electrons. The van der Waals surface area contributed by atoms with Crippen molar-refractivity contribution < 1.29 is 23.7 Å². The third-order valence-electron chi connectivity index (χ3n) is 5.47. The Morgan fingerprint density at radius 2 is 1.45 bits per heavy atom. The first-order valence-electron chi connectivity index (χ1n) is 10.4. The van der Waals surface area contributed by atoms with Gasteiger partial charge in [0.25, 0.3) is 5.91 Å². The third kappa shape index (κ3) is 3.67. The van der Waals surface area contributed by atoms with Crippen molar-refractivity contribution in [3.63, 3.8) is 0 Å². The van der Waals surface area contributed by atoms with Crippen molar-refractivity contribution >= 4 is 11.6 Å². The van der Waals surface area contributed by atoms with Crippen LogP contribution in [-0.4, -0.2) is 36.9 Å². The summed E-state index contributed by atoms with van der Waals surface area (Å²) in [5.74, 6) is 2.63. The summed E-state index contributed by atoms with van der Waals surface area (Å²) in [7, 11) is 0. The van der Waals surface area contributed by atoms with Crippen molar-refractivity contribution in [2.24, 2.45) is 0 Å². The molecule has 7 heteroatoms. The zero-order valence-electron chi connectivity index (χ0n) is 17.6. The molecule has 0 radical (unpaired) electrons. The summed E-state index contributed by atoms with van der Waals surface area (Å²) in [5, 5.41) is 2.98. The van der Waals surface area contributed by atoms with Gasteiger partial charge >= 0.3 is 0 Å². The zero-order chi connectivity index (χ0) is 21.4. The number of ether oxygens (including phenoxy) is 4. The van der Waals surface area contributed by atoms with Crippen LogP contribution in [0.1, 0.15) is 28.2 Å². The van der Waals surface area contributed by atoms with E-state index in [-0.39, 0.29) is 5.91 Å². The first kappa shape index (κ1) is 19.4. The molecule has 1 aromatic heterocycles. The number of fused-ring (bicyclic) bond motifs is 2. The number of amides is 1. The molecular weight excluding hydrogens is 396 g/mol. The summed E-state index contributed by atoms with van der Waals surface area (Å²) in [4.78, 5) is 13.1. The molecule has 0 saturated heterocycles. The van der Waals surface area contributed by atoms with Gasteiger partial charge in [-0.15, -0.1) is 0 Å². The van der Waals surface area contributed by atoms with Gasteiger partial charge in [-0.2, -0.15) is 0 Å². The highest BCUT2D eigenvalue weighted by molar-refractivity contribution is 6.05. The van der Waals surface area contributed by atoms with E-state index in [0.717, 1.165) is 35.0 Å². The van der Waals surface area contributed by atoms with Crippen LogP contribution >= 0.6 is 0 Å². The summed E-state index contributed by atoms with van der Waals surface area (Å²) in [6.45, 7) is 6.23. The van der Waals surface area contributed by atoms with Crippen LogP contribution in [0, 0.1) is 13.8 Å². The van der Waals surface area contributed by atoms with Crippen molar-refractivity contribution in [1.82, 2.24) is 4.57 Å². The Bertz CT molecular complexity index is 1150. The molecule has 3 aromatic rings. The van der Waals surface area contributed by atoms with Crippen LogP contribution in [0.3, 0.4) is 0 Å². The van der Waals surface area contributed by atoms with Gasteiger partial charge < -0.3 is 28.8 Å². The van der Waals surface area contributed by atoms with Crippen LogP contribution < -0.4 is 24.3 Å². The Hall–Kier alpha value is -3.61. The van der Waals surface area contributed by atoms with Gasteiger partial charge in [-0.25, -0.2) is 0 Å². The third-order valence-corrected chi connectivity index (χ3v) is 5.47. The van der Waals surface area contributed by atoms with Crippen LogP contribution in [0.5, 0.6) is 23.0 Å². The van der Waals surface area contributed by atoms with Crippen LogP contribution in [-0.2, 0) is 0 Å². The van der Waals surface area contributed by atoms with E-state index in [1.807, 2.05) is 54.8 Å². The number of aryl methyl sites for hydroxylation is 1. The highest BCUT2D eigenvalue weighted by Gasteiger charge is 2.20. The molecule has 3 heterocycles. The molecule has 0 aliphatic carbocycles. The summed E-state index contributed by atoms with van der Waals surface area (Å²) in [6.07, 6.45) is 0.836. The van der Waals surface area contributed by atoms with Crippen LogP contribution in [0.25, 0.3) is 5.69 Å². The number of rotatable bonds is 3. The molecular formula is C24H24N2O5. The van der Waals surface area contributed by atoms with Crippen LogP contribution in [0.4, 0.5) is 5.69 Å². The Morgan fingerprint density at radius 1 is 0.806 bits per heavy atom. The van der Waals surface area contributed by atoms with Gasteiger partial charge in [0.2, 0.25) is 0 Å². The lowest BCUT2D eigenvalue weighted by Gasteiger charge is -2.20.